The first-order valence-corrected chi connectivity index (χ1v) is 9.65. The van der Waals surface area contributed by atoms with Crippen LogP contribution < -0.4 is 15.8 Å². The van der Waals surface area contributed by atoms with Gasteiger partial charge in [0.25, 0.3) is 11.8 Å². The molecule has 1 saturated heterocycles. The normalized spacial score (nSPS) is 25.0. The molecule has 7 nitrogen and oxygen atoms in total. The van der Waals surface area contributed by atoms with Crippen molar-refractivity contribution in [1.82, 2.24) is 4.98 Å². The quantitative estimate of drug-likeness (QED) is 0.647. The molecule has 2 aromatic rings. The Kier molecular flexibility index (Phi) is 6.33. The van der Waals surface area contributed by atoms with Gasteiger partial charge in [-0.05, 0) is 25.1 Å². The van der Waals surface area contributed by atoms with Crippen LogP contribution in [0, 0.1) is 17.6 Å². The highest BCUT2D eigenvalue weighted by molar-refractivity contribution is 5.97. The van der Waals surface area contributed by atoms with Gasteiger partial charge in [-0.15, -0.1) is 0 Å². The second-order valence-electron chi connectivity index (χ2n) is 7.72. The van der Waals surface area contributed by atoms with E-state index >= 15 is 0 Å². The van der Waals surface area contributed by atoms with Crippen molar-refractivity contribution in [2.75, 3.05) is 12.4 Å². The summed E-state index contributed by atoms with van der Waals surface area (Å²) in [5.74, 6) is -7.94. The number of carbonyl (C=O) groups excluding carboxylic acids is 2. The molecule has 3 N–H and O–H groups in total. The third kappa shape index (κ3) is 4.22. The Hall–Kier alpha value is -3.28. The lowest BCUT2D eigenvalue weighted by Crippen LogP contribution is -2.47. The molecule has 0 unspecified atom stereocenters. The zero-order valence-electron chi connectivity index (χ0n) is 17.7. The molecular formula is C21H20F5N3O4. The number of benzene rings is 1. The largest absolute Gasteiger partial charge is 0.493 e. The monoisotopic (exact) mass is 473 g/mol. The lowest BCUT2D eigenvalue weighted by Gasteiger charge is -2.32. The van der Waals surface area contributed by atoms with Gasteiger partial charge in [-0.25, -0.2) is 4.39 Å². The standard InChI is InChI=1S/C21H20F5N3O4/c1-9-14(11-4-5-12(22)15(23)16(11)32-3)17(33-20(9,2)21(24,25)26)19(31)29-10-6-7-28-13(8-10)18(27)30/h4-9,14,17H,1-3H3,(H2,27,30)(H,28,29,31)/t9-,14+,17-,20+/m1/s1. The minimum atomic E-state index is -4.89. The molecule has 0 aliphatic carbocycles. The number of amides is 2. The fourth-order valence-electron chi connectivity index (χ4n) is 3.90. The van der Waals surface area contributed by atoms with Crippen LogP contribution in [0.15, 0.2) is 30.5 Å². The van der Waals surface area contributed by atoms with Gasteiger partial charge in [-0.2, -0.15) is 17.6 Å². The lowest BCUT2D eigenvalue weighted by molar-refractivity contribution is -0.272. The number of alkyl halides is 3. The van der Waals surface area contributed by atoms with E-state index in [9.17, 15) is 31.5 Å². The van der Waals surface area contributed by atoms with E-state index in [1.54, 1.807) is 0 Å². The Bertz CT molecular complexity index is 1090. The summed E-state index contributed by atoms with van der Waals surface area (Å²) in [6, 6.07) is 4.22. The number of hydrogen-bond acceptors (Lipinski definition) is 5. The summed E-state index contributed by atoms with van der Waals surface area (Å²) in [5, 5.41) is 2.36. The molecule has 2 amide bonds. The second-order valence-corrected chi connectivity index (χ2v) is 7.72. The topological polar surface area (TPSA) is 104 Å². The lowest BCUT2D eigenvalue weighted by atomic mass is 9.77. The number of hydrogen-bond donors (Lipinski definition) is 2. The molecule has 1 aliphatic heterocycles. The highest BCUT2D eigenvalue weighted by atomic mass is 19.4. The minimum Gasteiger partial charge on any atom is -0.493 e. The van der Waals surface area contributed by atoms with E-state index in [2.05, 4.69) is 10.3 Å². The van der Waals surface area contributed by atoms with Crippen molar-refractivity contribution in [2.24, 2.45) is 11.7 Å². The smallest absolute Gasteiger partial charge is 0.417 e. The number of nitrogens with zero attached hydrogens (tertiary/aromatic N) is 1. The molecule has 0 spiro atoms. The molecule has 2 heterocycles. The number of rotatable bonds is 5. The molecule has 178 valence electrons. The zero-order valence-corrected chi connectivity index (χ0v) is 17.7. The van der Waals surface area contributed by atoms with Crippen molar-refractivity contribution in [3.63, 3.8) is 0 Å². The number of aromatic nitrogens is 1. The summed E-state index contributed by atoms with van der Waals surface area (Å²) in [4.78, 5) is 28.1. The number of pyridine rings is 1. The van der Waals surface area contributed by atoms with Gasteiger partial charge in [-0.3, -0.25) is 14.6 Å². The van der Waals surface area contributed by atoms with Gasteiger partial charge in [0.05, 0.1) is 7.11 Å². The Labute approximate surface area is 185 Å². The third-order valence-corrected chi connectivity index (χ3v) is 5.85. The number of nitrogens with two attached hydrogens (primary N) is 1. The van der Waals surface area contributed by atoms with E-state index in [4.69, 9.17) is 15.2 Å². The molecule has 0 bridgehead atoms. The van der Waals surface area contributed by atoms with E-state index in [0.29, 0.717) is 0 Å². The number of nitrogens with one attached hydrogen (secondary N) is 1. The van der Waals surface area contributed by atoms with Crippen LogP contribution in [0.1, 0.15) is 35.8 Å². The van der Waals surface area contributed by atoms with Gasteiger partial charge in [0, 0.05) is 29.3 Å². The molecule has 1 aliphatic rings. The molecular weight excluding hydrogens is 453 g/mol. The van der Waals surface area contributed by atoms with E-state index in [1.165, 1.54) is 19.2 Å². The molecule has 33 heavy (non-hydrogen) atoms. The molecule has 4 atom stereocenters. The van der Waals surface area contributed by atoms with Crippen LogP contribution in [0.4, 0.5) is 27.6 Å². The summed E-state index contributed by atoms with van der Waals surface area (Å²) in [6.07, 6.45) is -5.49. The van der Waals surface area contributed by atoms with Crippen molar-refractivity contribution in [1.29, 1.82) is 0 Å². The highest BCUT2D eigenvalue weighted by Crippen LogP contribution is 2.55. The van der Waals surface area contributed by atoms with E-state index in [1.807, 2.05) is 0 Å². The summed E-state index contributed by atoms with van der Waals surface area (Å²) in [7, 11) is 1.03. The van der Waals surface area contributed by atoms with E-state index in [-0.39, 0.29) is 16.9 Å². The average molecular weight is 473 g/mol. The maximum Gasteiger partial charge on any atom is 0.417 e. The predicted octanol–water partition coefficient (Wildman–Crippen LogP) is 3.55. The van der Waals surface area contributed by atoms with Crippen LogP contribution in [0.3, 0.4) is 0 Å². The van der Waals surface area contributed by atoms with Crippen LogP contribution in [-0.4, -0.2) is 41.8 Å². The van der Waals surface area contributed by atoms with Crippen molar-refractivity contribution in [3.8, 4) is 5.75 Å². The number of primary amides is 1. The fourth-order valence-corrected chi connectivity index (χ4v) is 3.90. The number of halogens is 5. The SMILES string of the molecule is COc1c([C@@H]2[C@@H](C)[C@@](C)(C(F)(F)F)O[C@H]2C(=O)Nc2ccnc(C(N)=O)c2)ccc(F)c1F. The second kappa shape index (κ2) is 8.58. The van der Waals surface area contributed by atoms with Gasteiger partial charge in [-0.1, -0.05) is 13.0 Å². The van der Waals surface area contributed by atoms with Crippen LogP contribution in [0.2, 0.25) is 0 Å². The van der Waals surface area contributed by atoms with Gasteiger partial charge in [0.15, 0.2) is 17.2 Å². The Morgan fingerprint density at radius 1 is 1.24 bits per heavy atom. The van der Waals surface area contributed by atoms with Gasteiger partial charge < -0.3 is 20.5 Å². The summed E-state index contributed by atoms with van der Waals surface area (Å²) in [5.41, 5.74) is 2.04. The maximum absolute atomic E-state index is 14.4. The van der Waals surface area contributed by atoms with Crippen LogP contribution in [-0.2, 0) is 9.53 Å². The first-order chi connectivity index (χ1) is 15.3. The van der Waals surface area contributed by atoms with Crippen molar-refractivity contribution < 1.29 is 41.0 Å². The van der Waals surface area contributed by atoms with Gasteiger partial charge >= 0.3 is 6.18 Å². The summed E-state index contributed by atoms with van der Waals surface area (Å²) < 4.78 is 80.1. The zero-order chi connectivity index (χ0) is 24.7. The average Bonchev–Trinajstić information content (AvgIpc) is 3.02. The minimum absolute atomic E-state index is 0.0247. The molecule has 12 heteroatoms. The highest BCUT2D eigenvalue weighted by Gasteiger charge is 2.65. The van der Waals surface area contributed by atoms with Crippen molar-refractivity contribution in [3.05, 3.63) is 53.4 Å². The van der Waals surface area contributed by atoms with Crippen LogP contribution >= 0.6 is 0 Å². The molecule has 3 rings (SSSR count). The van der Waals surface area contributed by atoms with Gasteiger partial charge in [0.1, 0.15) is 11.8 Å². The first kappa shape index (κ1) is 24.4. The number of anilines is 1. The number of ether oxygens (including phenoxy) is 2. The predicted molar refractivity (Wildman–Crippen MR) is 106 cm³/mol. The first-order valence-electron chi connectivity index (χ1n) is 9.65. The van der Waals surface area contributed by atoms with Crippen molar-refractivity contribution in [2.45, 2.75) is 37.6 Å². The van der Waals surface area contributed by atoms with Crippen LogP contribution in [0.25, 0.3) is 0 Å². The summed E-state index contributed by atoms with van der Waals surface area (Å²) >= 11 is 0. The molecule has 1 aromatic heterocycles. The number of methoxy groups -OCH3 is 1. The summed E-state index contributed by atoms with van der Waals surface area (Å²) in [6.45, 7) is 1.98. The Morgan fingerprint density at radius 2 is 1.91 bits per heavy atom. The fraction of sp³-hybridized carbons (Fsp3) is 0.381. The molecule has 0 saturated carbocycles. The van der Waals surface area contributed by atoms with E-state index in [0.717, 1.165) is 32.2 Å². The Morgan fingerprint density at radius 3 is 2.48 bits per heavy atom. The molecule has 1 fully saturated rings. The van der Waals surface area contributed by atoms with E-state index < -0.39 is 58.9 Å². The van der Waals surface area contributed by atoms with Crippen LogP contribution in [0.5, 0.6) is 5.75 Å². The number of carbonyl (C=O) groups is 2. The molecule has 0 radical (unpaired) electrons. The molecule has 1 aromatic carbocycles. The van der Waals surface area contributed by atoms with Gasteiger partial charge in [0.2, 0.25) is 5.82 Å². The maximum atomic E-state index is 14.4. The Balaban J connectivity index is 2.07. The van der Waals surface area contributed by atoms with Crippen molar-refractivity contribution >= 4 is 17.5 Å². The third-order valence-electron chi connectivity index (χ3n) is 5.85.